The third-order valence-electron chi connectivity index (χ3n) is 9.13. The molecular weight excluding hydrogens is 639 g/mol. The van der Waals surface area contributed by atoms with Gasteiger partial charge in [0.05, 0.1) is 11.4 Å². The lowest BCUT2D eigenvalue weighted by atomic mass is 9.89. The van der Waals surface area contributed by atoms with Gasteiger partial charge in [-0.2, -0.15) is 0 Å². The lowest BCUT2D eigenvalue weighted by Crippen LogP contribution is -2.15. The van der Waals surface area contributed by atoms with Crippen molar-refractivity contribution in [2.75, 3.05) is 4.90 Å². The summed E-state index contributed by atoms with van der Waals surface area (Å²) >= 11 is 0. The van der Waals surface area contributed by atoms with Crippen molar-refractivity contribution in [1.29, 1.82) is 0 Å². The Labute approximate surface area is 304 Å². The van der Waals surface area contributed by atoms with Gasteiger partial charge in [0.15, 0.2) is 11.5 Å². The molecular formula is C47H37N3O2. The monoisotopic (exact) mass is 675 g/mol. The van der Waals surface area contributed by atoms with E-state index in [4.69, 9.17) is 9.15 Å². The molecule has 52 heavy (non-hydrogen) atoms. The summed E-state index contributed by atoms with van der Waals surface area (Å²) in [6, 6.07) is 52.3. The number of ether oxygens (including phenoxy) is 1. The maximum absolute atomic E-state index is 6.24. The second-order valence-corrected chi connectivity index (χ2v) is 12.2. The Bertz CT molecular complexity index is 2390. The molecule has 0 atom stereocenters. The minimum absolute atomic E-state index is 0.515. The first-order chi connectivity index (χ1) is 25.8. The predicted molar refractivity (Wildman–Crippen MR) is 213 cm³/mol. The van der Waals surface area contributed by atoms with Gasteiger partial charge in [-0.3, -0.25) is 0 Å². The largest absolute Gasteiger partial charge is 0.453 e. The molecule has 2 aliphatic rings. The Balaban J connectivity index is 0.00000190. The minimum Gasteiger partial charge on any atom is -0.453 e. The molecule has 0 N–H and O–H groups in total. The van der Waals surface area contributed by atoms with Gasteiger partial charge in [0.1, 0.15) is 0 Å². The first-order valence-electron chi connectivity index (χ1n) is 17.7. The number of nitrogens with zero attached hydrogens (tertiary/aromatic N) is 3. The normalized spacial score (nSPS) is 13.0. The molecule has 9 rings (SSSR count). The van der Waals surface area contributed by atoms with Crippen LogP contribution >= 0.6 is 0 Å². The van der Waals surface area contributed by atoms with E-state index in [9.17, 15) is 0 Å². The molecule has 0 amide bonds. The fourth-order valence-corrected chi connectivity index (χ4v) is 6.74. The van der Waals surface area contributed by atoms with Crippen LogP contribution in [0.1, 0.15) is 31.7 Å². The number of aromatic nitrogens is 2. The van der Waals surface area contributed by atoms with Gasteiger partial charge in [-0.25, -0.2) is 0 Å². The number of fused-ring (bicyclic) bond motifs is 2. The summed E-state index contributed by atoms with van der Waals surface area (Å²) in [5, 5.41) is 8.65. The van der Waals surface area contributed by atoms with Crippen LogP contribution in [0.3, 0.4) is 0 Å². The predicted octanol–water partition coefficient (Wildman–Crippen LogP) is 13.1. The molecule has 0 radical (unpaired) electrons. The third kappa shape index (κ3) is 6.25. The highest BCUT2D eigenvalue weighted by Crippen LogP contribution is 2.50. The van der Waals surface area contributed by atoms with E-state index in [1.54, 1.807) is 0 Å². The molecule has 0 fully saturated rings. The molecule has 0 unspecified atom stereocenters. The number of rotatable bonds is 6. The SMILES string of the molecule is C1=CC(c2ccccc2-c2ccccc2-c2ccc(N3c4ccccc4Oc4ccccc43)cc2)=CCC=C1c1nnc(-c2ccccc2)o1.CC. The van der Waals surface area contributed by atoms with Crippen molar-refractivity contribution in [3.63, 3.8) is 0 Å². The van der Waals surface area contributed by atoms with Crippen LogP contribution < -0.4 is 9.64 Å². The highest BCUT2D eigenvalue weighted by Gasteiger charge is 2.25. The highest BCUT2D eigenvalue weighted by atomic mass is 16.5. The van der Waals surface area contributed by atoms with E-state index in [2.05, 4.69) is 124 Å². The number of allylic oxidation sites excluding steroid dienone is 6. The average molecular weight is 676 g/mol. The molecule has 5 nitrogen and oxygen atoms in total. The van der Waals surface area contributed by atoms with Crippen molar-refractivity contribution in [2.24, 2.45) is 0 Å². The maximum atomic E-state index is 6.24. The molecule has 7 aromatic rings. The molecule has 5 heteroatoms. The standard InChI is InChI=1S/C45H31N3O2.C2H6/c1-2-13-33(14-3-1)44-46-47-45(50-44)34-16-12-15-31(25-26-34)36-17-4-6-19-38(36)39-20-7-5-18-37(39)32-27-29-35(30-28-32)48-40-21-8-10-23-42(40)49-43-24-11-9-22-41(43)48;1-2/h1-11,13-30H,12H2;1-2H3. The summed E-state index contributed by atoms with van der Waals surface area (Å²) in [5.41, 5.74) is 11.9. The first-order valence-corrected chi connectivity index (χ1v) is 17.7. The average Bonchev–Trinajstić information content (AvgIpc) is 3.59. The summed E-state index contributed by atoms with van der Waals surface area (Å²) in [6.07, 6.45) is 9.36. The topological polar surface area (TPSA) is 51.4 Å². The highest BCUT2D eigenvalue weighted by molar-refractivity contribution is 5.94. The van der Waals surface area contributed by atoms with E-state index in [1.165, 1.54) is 22.3 Å². The first kappa shape index (κ1) is 32.5. The molecule has 1 aliphatic carbocycles. The van der Waals surface area contributed by atoms with E-state index < -0.39 is 0 Å². The zero-order chi connectivity index (χ0) is 35.3. The quantitative estimate of drug-likeness (QED) is 0.176. The number of benzene rings is 6. The number of hydrogen-bond donors (Lipinski definition) is 0. The fraction of sp³-hybridized carbons (Fsp3) is 0.0638. The van der Waals surface area contributed by atoms with E-state index in [1.807, 2.05) is 80.6 Å². The van der Waals surface area contributed by atoms with Gasteiger partial charge in [0, 0.05) is 16.8 Å². The van der Waals surface area contributed by atoms with Crippen molar-refractivity contribution in [3.05, 3.63) is 187 Å². The van der Waals surface area contributed by atoms with E-state index in [0.717, 1.165) is 57.3 Å². The molecule has 1 aromatic heterocycles. The van der Waals surface area contributed by atoms with Gasteiger partial charge in [0.25, 0.3) is 0 Å². The van der Waals surface area contributed by atoms with E-state index >= 15 is 0 Å². The minimum atomic E-state index is 0.515. The second-order valence-electron chi connectivity index (χ2n) is 12.2. The summed E-state index contributed by atoms with van der Waals surface area (Å²) in [5.74, 6) is 2.72. The van der Waals surface area contributed by atoms with Gasteiger partial charge < -0.3 is 14.1 Å². The molecule has 0 bridgehead atoms. The maximum Gasteiger partial charge on any atom is 0.248 e. The van der Waals surface area contributed by atoms with Crippen molar-refractivity contribution in [1.82, 2.24) is 10.2 Å². The fourth-order valence-electron chi connectivity index (χ4n) is 6.74. The third-order valence-corrected chi connectivity index (χ3v) is 9.13. The van der Waals surface area contributed by atoms with Crippen molar-refractivity contribution in [3.8, 4) is 45.2 Å². The van der Waals surface area contributed by atoms with Crippen LogP contribution in [0.4, 0.5) is 17.1 Å². The molecule has 0 spiro atoms. The Morgan fingerprint density at radius 2 is 0.981 bits per heavy atom. The van der Waals surface area contributed by atoms with Gasteiger partial charge >= 0.3 is 0 Å². The Hall–Kier alpha value is -6.72. The number of hydrogen-bond acceptors (Lipinski definition) is 5. The van der Waals surface area contributed by atoms with Gasteiger partial charge in [-0.1, -0.05) is 135 Å². The summed E-state index contributed by atoms with van der Waals surface area (Å²) in [7, 11) is 0. The van der Waals surface area contributed by atoms with Crippen LogP contribution in [-0.2, 0) is 0 Å². The van der Waals surface area contributed by atoms with E-state index in [-0.39, 0.29) is 0 Å². The van der Waals surface area contributed by atoms with Crippen LogP contribution in [0.15, 0.2) is 180 Å². The smallest absolute Gasteiger partial charge is 0.248 e. The van der Waals surface area contributed by atoms with Crippen LogP contribution in [0.25, 0.3) is 44.9 Å². The molecule has 1 aliphatic heterocycles. The Kier molecular flexibility index (Phi) is 9.14. The molecule has 0 saturated heterocycles. The number of anilines is 3. The van der Waals surface area contributed by atoms with Gasteiger partial charge in [-0.05, 0) is 94.4 Å². The van der Waals surface area contributed by atoms with Crippen molar-refractivity contribution in [2.45, 2.75) is 20.3 Å². The van der Waals surface area contributed by atoms with Gasteiger partial charge in [-0.15, -0.1) is 10.2 Å². The van der Waals surface area contributed by atoms with Crippen LogP contribution in [-0.4, -0.2) is 10.2 Å². The number of para-hydroxylation sites is 4. The van der Waals surface area contributed by atoms with Crippen molar-refractivity contribution >= 4 is 28.2 Å². The lowest BCUT2D eigenvalue weighted by Gasteiger charge is -2.32. The zero-order valence-corrected chi connectivity index (χ0v) is 29.1. The van der Waals surface area contributed by atoms with Gasteiger partial charge in [0.2, 0.25) is 11.8 Å². The summed E-state index contributed by atoms with van der Waals surface area (Å²) in [4.78, 5) is 2.27. The summed E-state index contributed by atoms with van der Waals surface area (Å²) in [6.45, 7) is 4.00. The van der Waals surface area contributed by atoms with E-state index in [0.29, 0.717) is 11.8 Å². The molecule has 0 saturated carbocycles. The van der Waals surface area contributed by atoms with Crippen LogP contribution in [0.5, 0.6) is 11.5 Å². The second kappa shape index (κ2) is 14.6. The zero-order valence-electron chi connectivity index (χ0n) is 29.1. The summed E-state index contributed by atoms with van der Waals surface area (Å²) < 4.78 is 12.3. The van der Waals surface area contributed by atoms with Crippen LogP contribution in [0, 0.1) is 0 Å². The molecule has 2 heterocycles. The Morgan fingerprint density at radius 3 is 1.67 bits per heavy atom. The molecule has 252 valence electrons. The molecule has 6 aromatic carbocycles. The Morgan fingerprint density at radius 1 is 0.462 bits per heavy atom. The van der Waals surface area contributed by atoms with Crippen LogP contribution in [0.2, 0.25) is 0 Å². The van der Waals surface area contributed by atoms with Crippen molar-refractivity contribution < 1.29 is 9.15 Å². The lowest BCUT2D eigenvalue weighted by molar-refractivity contribution is 0.477.